The Morgan fingerprint density at radius 3 is 2.86 bits per heavy atom. The summed E-state index contributed by atoms with van der Waals surface area (Å²) in [6.45, 7) is 4.58. The van der Waals surface area contributed by atoms with Gasteiger partial charge in [0.15, 0.2) is 10.8 Å². The molecule has 3 rings (SSSR count). The van der Waals surface area contributed by atoms with Crippen LogP contribution in [0, 0.1) is 5.92 Å². The molecule has 2 atom stereocenters. The second kappa shape index (κ2) is 4.99. The molecule has 1 fully saturated rings. The highest BCUT2D eigenvalue weighted by Gasteiger charge is 2.37. The average molecular weight is 308 g/mol. The Balaban J connectivity index is 2.14. The minimum Gasteiger partial charge on any atom is -0.381 e. The molecule has 1 saturated heterocycles. The number of anilines is 1. The molecule has 0 aliphatic carbocycles. The summed E-state index contributed by atoms with van der Waals surface area (Å²) in [4.78, 5) is 4.15. The highest BCUT2D eigenvalue weighted by Crippen LogP contribution is 2.31. The second-order valence-corrected chi connectivity index (χ2v) is 7.51. The second-order valence-electron chi connectivity index (χ2n) is 5.71. The fourth-order valence-electron chi connectivity index (χ4n) is 3.00. The standard InChI is InChI=1S/C14H20N4O2S/c1-10-6-5-9-18(11(10)2)21(19,20)14-13(15)16-12-7-3-4-8-17(12)14/h3-4,7-8,10-11H,5-6,9,15H2,1-2H3. The van der Waals surface area contributed by atoms with Crippen molar-refractivity contribution in [1.82, 2.24) is 13.7 Å². The molecule has 7 heteroatoms. The van der Waals surface area contributed by atoms with Crippen molar-refractivity contribution in [3.05, 3.63) is 24.4 Å². The van der Waals surface area contributed by atoms with Gasteiger partial charge in [0, 0.05) is 18.8 Å². The SMILES string of the molecule is CC1CCCN(S(=O)(=O)c2c(N)nc3ccccn23)C1C. The van der Waals surface area contributed by atoms with E-state index < -0.39 is 10.0 Å². The van der Waals surface area contributed by atoms with Crippen molar-refractivity contribution in [3.63, 3.8) is 0 Å². The molecule has 21 heavy (non-hydrogen) atoms. The minimum atomic E-state index is -3.65. The van der Waals surface area contributed by atoms with E-state index >= 15 is 0 Å². The van der Waals surface area contributed by atoms with Crippen LogP contribution in [0.25, 0.3) is 5.65 Å². The predicted octanol–water partition coefficient (Wildman–Crippen LogP) is 1.73. The maximum Gasteiger partial charge on any atom is 0.263 e. The van der Waals surface area contributed by atoms with Crippen molar-refractivity contribution >= 4 is 21.5 Å². The smallest absolute Gasteiger partial charge is 0.263 e. The lowest BCUT2D eigenvalue weighted by molar-refractivity contribution is 0.202. The quantitative estimate of drug-likeness (QED) is 0.916. The lowest BCUT2D eigenvalue weighted by atomic mass is 9.94. The highest BCUT2D eigenvalue weighted by molar-refractivity contribution is 7.89. The number of pyridine rings is 1. The molecular formula is C14H20N4O2S. The van der Waals surface area contributed by atoms with Crippen molar-refractivity contribution in [2.75, 3.05) is 12.3 Å². The lowest BCUT2D eigenvalue weighted by Crippen LogP contribution is -2.46. The van der Waals surface area contributed by atoms with Crippen LogP contribution in [0.4, 0.5) is 5.82 Å². The van der Waals surface area contributed by atoms with Crippen LogP contribution >= 0.6 is 0 Å². The largest absolute Gasteiger partial charge is 0.381 e. The molecule has 0 aromatic carbocycles. The molecule has 1 aliphatic rings. The number of aromatic nitrogens is 2. The number of nitrogens with zero attached hydrogens (tertiary/aromatic N) is 3. The number of hydrogen-bond acceptors (Lipinski definition) is 4. The molecule has 1 aliphatic heterocycles. The van der Waals surface area contributed by atoms with E-state index in [4.69, 9.17) is 5.73 Å². The van der Waals surface area contributed by atoms with Gasteiger partial charge in [-0.3, -0.25) is 4.40 Å². The van der Waals surface area contributed by atoms with Gasteiger partial charge in [-0.2, -0.15) is 4.31 Å². The molecule has 2 aromatic rings. The molecule has 0 spiro atoms. The number of hydrogen-bond donors (Lipinski definition) is 1. The van der Waals surface area contributed by atoms with Crippen LogP contribution in [0.2, 0.25) is 0 Å². The zero-order valence-electron chi connectivity index (χ0n) is 12.2. The maximum atomic E-state index is 13.0. The zero-order chi connectivity index (χ0) is 15.2. The molecule has 114 valence electrons. The molecule has 6 nitrogen and oxygen atoms in total. The molecule has 0 radical (unpaired) electrons. The summed E-state index contributed by atoms with van der Waals surface area (Å²) >= 11 is 0. The van der Waals surface area contributed by atoms with E-state index in [0.717, 1.165) is 12.8 Å². The minimum absolute atomic E-state index is 0.0302. The molecule has 0 bridgehead atoms. The summed E-state index contributed by atoms with van der Waals surface area (Å²) in [6.07, 6.45) is 3.61. The van der Waals surface area contributed by atoms with Gasteiger partial charge in [0.2, 0.25) is 0 Å². The Morgan fingerprint density at radius 2 is 2.10 bits per heavy atom. The van der Waals surface area contributed by atoms with E-state index in [9.17, 15) is 8.42 Å². The van der Waals surface area contributed by atoms with Crippen LogP contribution in [0.15, 0.2) is 29.4 Å². The summed E-state index contributed by atoms with van der Waals surface area (Å²) in [6, 6.07) is 5.30. The molecule has 0 amide bonds. The van der Waals surface area contributed by atoms with Crippen molar-refractivity contribution in [2.24, 2.45) is 5.92 Å². The zero-order valence-corrected chi connectivity index (χ0v) is 13.0. The Morgan fingerprint density at radius 1 is 1.33 bits per heavy atom. The monoisotopic (exact) mass is 308 g/mol. The molecule has 2 N–H and O–H groups in total. The van der Waals surface area contributed by atoms with Gasteiger partial charge < -0.3 is 5.73 Å². The van der Waals surface area contributed by atoms with Gasteiger partial charge in [0.1, 0.15) is 5.65 Å². The van der Waals surface area contributed by atoms with Crippen LogP contribution in [0.1, 0.15) is 26.7 Å². The predicted molar refractivity (Wildman–Crippen MR) is 81.4 cm³/mol. The van der Waals surface area contributed by atoms with Gasteiger partial charge >= 0.3 is 0 Å². The molecular weight excluding hydrogens is 288 g/mol. The molecule has 0 saturated carbocycles. The van der Waals surface area contributed by atoms with E-state index in [1.54, 1.807) is 27.0 Å². The first-order valence-electron chi connectivity index (χ1n) is 7.17. The van der Waals surface area contributed by atoms with Crippen molar-refractivity contribution < 1.29 is 8.42 Å². The summed E-state index contributed by atoms with van der Waals surface area (Å²) in [5.74, 6) is 0.403. The number of piperidine rings is 1. The van der Waals surface area contributed by atoms with E-state index in [1.807, 2.05) is 13.0 Å². The number of sulfonamides is 1. The molecule has 3 heterocycles. The summed E-state index contributed by atoms with van der Waals surface area (Å²) in [5.41, 5.74) is 6.44. The van der Waals surface area contributed by atoms with Gasteiger partial charge in [-0.1, -0.05) is 13.0 Å². The Hall–Kier alpha value is -1.60. The molecule has 2 aromatic heterocycles. The lowest BCUT2D eigenvalue weighted by Gasteiger charge is -2.36. The fourth-order valence-corrected chi connectivity index (χ4v) is 4.95. The number of rotatable bonds is 2. The summed E-state index contributed by atoms with van der Waals surface area (Å²) < 4.78 is 29.2. The van der Waals surface area contributed by atoms with Crippen LogP contribution in [-0.4, -0.2) is 34.7 Å². The third-order valence-electron chi connectivity index (χ3n) is 4.38. The van der Waals surface area contributed by atoms with E-state index in [2.05, 4.69) is 11.9 Å². The summed E-state index contributed by atoms with van der Waals surface area (Å²) in [5, 5.41) is 0.0825. The average Bonchev–Trinajstić information content (AvgIpc) is 2.78. The van der Waals surface area contributed by atoms with Gasteiger partial charge in [-0.25, -0.2) is 13.4 Å². The van der Waals surface area contributed by atoms with Gasteiger partial charge in [-0.15, -0.1) is 0 Å². The first-order chi connectivity index (χ1) is 9.93. The molecule has 2 unspecified atom stereocenters. The Bertz CT molecular complexity index is 768. The van der Waals surface area contributed by atoms with Gasteiger partial charge in [-0.05, 0) is 37.8 Å². The van der Waals surface area contributed by atoms with Gasteiger partial charge in [0.25, 0.3) is 10.0 Å². The number of fused-ring (bicyclic) bond motifs is 1. The summed E-state index contributed by atoms with van der Waals surface area (Å²) in [7, 11) is -3.65. The van der Waals surface area contributed by atoms with Crippen LogP contribution in [0.3, 0.4) is 0 Å². The highest BCUT2D eigenvalue weighted by atomic mass is 32.2. The number of nitrogen functional groups attached to an aromatic ring is 1. The van der Waals surface area contributed by atoms with Crippen LogP contribution in [0.5, 0.6) is 0 Å². The first kappa shape index (κ1) is 14.3. The third kappa shape index (κ3) is 2.20. The van der Waals surface area contributed by atoms with Crippen molar-refractivity contribution in [1.29, 1.82) is 0 Å². The third-order valence-corrected chi connectivity index (χ3v) is 6.41. The maximum absolute atomic E-state index is 13.0. The van der Waals surface area contributed by atoms with Crippen molar-refractivity contribution in [2.45, 2.75) is 37.8 Å². The number of imidazole rings is 1. The normalized spacial score (nSPS) is 24.5. The van der Waals surface area contributed by atoms with Crippen molar-refractivity contribution in [3.8, 4) is 0 Å². The van der Waals surface area contributed by atoms with Crippen LogP contribution in [-0.2, 0) is 10.0 Å². The fraction of sp³-hybridized carbons (Fsp3) is 0.500. The van der Waals surface area contributed by atoms with E-state index in [0.29, 0.717) is 18.1 Å². The topological polar surface area (TPSA) is 80.7 Å². The van der Waals surface area contributed by atoms with E-state index in [-0.39, 0.29) is 16.9 Å². The number of nitrogens with two attached hydrogens (primary N) is 1. The van der Waals surface area contributed by atoms with E-state index in [1.165, 1.54) is 0 Å². The Kier molecular flexibility index (Phi) is 3.41. The Labute approximate surface area is 124 Å². The first-order valence-corrected chi connectivity index (χ1v) is 8.61. The van der Waals surface area contributed by atoms with Gasteiger partial charge in [0.05, 0.1) is 0 Å². The van der Waals surface area contributed by atoms with Crippen LogP contribution < -0.4 is 5.73 Å².